The molecular weight excluding hydrogens is 150 g/mol. The zero-order valence-corrected chi connectivity index (χ0v) is 8.35. The van der Waals surface area contributed by atoms with Crippen LogP contribution in [-0.4, -0.2) is 4.98 Å². The molecule has 0 aliphatic carbocycles. The second kappa shape index (κ2) is 3.74. The van der Waals surface area contributed by atoms with Gasteiger partial charge < -0.3 is 4.42 Å². The summed E-state index contributed by atoms with van der Waals surface area (Å²) in [6, 6.07) is 0. The lowest BCUT2D eigenvalue weighted by Crippen LogP contribution is -1.86. The Balaban J connectivity index is 2.85. The van der Waals surface area contributed by atoms with E-state index in [-0.39, 0.29) is 0 Å². The number of hydrogen-bond acceptors (Lipinski definition) is 2. The van der Waals surface area contributed by atoms with Crippen LogP contribution in [-0.2, 0) is 6.42 Å². The van der Waals surface area contributed by atoms with Gasteiger partial charge in [-0.25, -0.2) is 4.98 Å². The molecule has 0 bridgehead atoms. The Kier molecular flexibility index (Phi) is 2.90. The summed E-state index contributed by atoms with van der Waals surface area (Å²) in [6.07, 6.45) is 2.05. The van der Waals surface area contributed by atoms with Crippen molar-refractivity contribution in [3.63, 3.8) is 0 Å². The fourth-order valence-electron chi connectivity index (χ4n) is 1.32. The van der Waals surface area contributed by atoms with Crippen molar-refractivity contribution in [3.05, 3.63) is 17.3 Å². The van der Waals surface area contributed by atoms with Crippen molar-refractivity contribution in [1.29, 1.82) is 0 Å². The Labute approximate surface area is 74.0 Å². The number of rotatable bonds is 3. The maximum atomic E-state index is 5.61. The molecule has 0 radical (unpaired) electrons. The first-order valence-electron chi connectivity index (χ1n) is 4.61. The van der Waals surface area contributed by atoms with E-state index in [2.05, 4.69) is 25.8 Å². The molecule has 0 fully saturated rings. The average molecular weight is 167 g/mol. The van der Waals surface area contributed by atoms with Crippen molar-refractivity contribution in [2.75, 3.05) is 0 Å². The van der Waals surface area contributed by atoms with Gasteiger partial charge in [0, 0.05) is 12.3 Å². The topological polar surface area (TPSA) is 26.0 Å². The molecule has 0 saturated carbocycles. The summed E-state index contributed by atoms with van der Waals surface area (Å²) in [5, 5.41) is 0. The highest BCUT2D eigenvalue weighted by Gasteiger charge is 2.11. The molecule has 0 atom stereocenters. The fraction of sp³-hybridized carbons (Fsp3) is 0.700. The van der Waals surface area contributed by atoms with E-state index in [1.54, 1.807) is 0 Å². The van der Waals surface area contributed by atoms with Gasteiger partial charge in [-0.2, -0.15) is 0 Å². The van der Waals surface area contributed by atoms with Gasteiger partial charge in [0.2, 0.25) is 0 Å². The van der Waals surface area contributed by atoms with Gasteiger partial charge >= 0.3 is 0 Å². The van der Waals surface area contributed by atoms with E-state index >= 15 is 0 Å². The Bertz CT molecular complexity index is 250. The van der Waals surface area contributed by atoms with Crippen LogP contribution in [0.1, 0.15) is 50.5 Å². The highest BCUT2D eigenvalue weighted by Crippen LogP contribution is 2.20. The maximum absolute atomic E-state index is 5.61. The molecule has 0 spiro atoms. The summed E-state index contributed by atoms with van der Waals surface area (Å²) in [7, 11) is 0. The number of aromatic nitrogens is 1. The minimum atomic E-state index is 0.447. The first kappa shape index (κ1) is 9.30. The predicted molar refractivity (Wildman–Crippen MR) is 49.3 cm³/mol. The van der Waals surface area contributed by atoms with Gasteiger partial charge in [0.1, 0.15) is 5.76 Å². The van der Waals surface area contributed by atoms with Crippen LogP contribution in [0.3, 0.4) is 0 Å². The Hall–Kier alpha value is -0.790. The predicted octanol–water partition coefficient (Wildman–Crippen LogP) is 3.06. The third-order valence-corrected chi connectivity index (χ3v) is 1.87. The smallest absolute Gasteiger partial charge is 0.194 e. The zero-order valence-electron chi connectivity index (χ0n) is 8.35. The molecule has 0 unspecified atom stereocenters. The highest BCUT2D eigenvalue weighted by molar-refractivity contribution is 5.11. The molecule has 0 aromatic carbocycles. The van der Waals surface area contributed by atoms with Crippen LogP contribution in [0.25, 0.3) is 0 Å². The first-order valence-corrected chi connectivity index (χ1v) is 4.61. The number of aryl methyl sites for hydroxylation is 2. The van der Waals surface area contributed by atoms with Crippen LogP contribution < -0.4 is 0 Å². The molecule has 2 heteroatoms. The van der Waals surface area contributed by atoms with E-state index in [1.165, 1.54) is 0 Å². The van der Waals surface area contributed by atoms with E-state index in [0.717, 1.165) is 30.2 Å². The summed E-state index contributed by atoms with van der Waals surface area (Å²) >= 11 is 0. The second-order valence-corrected chi connectivity index (χ2v) is 3.46. The number of nitrogens with zero attached hydrogens (tertiary/aromatic N) is 1. The first-order chi connectivity index (χ1) is 5.65. The number of oxazole rings is 1. The van der Waals surface area contributed by atoms with Crippen molar-refractivity contribution in [1.82, 2.24) is 4.98 Å². The third-order valence-electron chi connectivity index (χ3n) is 1.87. The van der Waals surface area contributed by atoms with Crippen molar-refractivity contribution in [2.24, 2.45) is 0 Å². The third kappa shape index (κ3) is 1.87. The molecule has 1 aromatic rings. The molecule has 0 saturated heterocycles. The van der Waals surface area contributed by atoms with Crippen molar-refractivity contribution >= 4 is 0 Å². The van der Waals surface area contributed by atoms with E-state index in [4.69, 9.17) is 4.42 Å². The lowest BCUT2D eigenvalue weighted by Gasteiger charge is -1.98. The summed E-state index contributed by atoms with van der Waals surface area (Å²) in [5.41, 5.74) is 1.05. The summed E-state index contributed by atoms with van der Waals surface area (Å²) in [6.45, 7) is 8.40. The Morgan fingerprint density at radius 3 is 2.50 bits per heavy atom. The molecule has 68 valence electrons. The summed E-state index contributed by atoms with van der Waals surface area (Å²) in [5.74, 6) is 2.38. The largest absolute Gasteiger partial charge is 0.445 e. The van der Waals surface area contributed by atoms with Crippen LogP contribution in [0, 0.1) is 6.92 Å². The van der Waals surface area contributed by atoms with Crippen molar-refractivity contribution in [2.45, 2.75) is 46.5 Å². The average Bonchev–Trinajstić information content (AvgIpc) is 2.32. The molecular formula is C10H17NO. The van der Waals surface area contributed by atoms with Gasteiger partial charge in [-0.3, -0.25) is 0 Å². The molecule has 12 heavy (non-hydrogen) atoms. The van der Waals surface area contributed by atoms with Crippen LogP contribution in [0.5, 0.6) is 0 Å². The van der Waals surface area contributed by atoms with E-state index in [9.17, 15) is 0 Å². The number of hydrogen-bond donors (Lipinski definition) is 0. The van der Waals surface area contributed by atoms with Gasteiger partial charge in [-0.05, 0) is 13.3 Å². The molecule has 1 aromatic heterocycles. The molecule has 0 N–H and O–H groups in total. The standard InChI is InChI=1S/C10H17NO/c1-5-6-9-11-8(4)10(12-9)7(2)3/h7H,5-6H2,1-4H3. The molecule has 2 nitrogen and oxygen atoms in total. The quantitative estimate of drug-likeness (QED) is 0.691. The summed E-state index contributed by atoms with van der Waals surface area (Å²) in [4.78, 5) is 4.35. The minimum Gasteiger partial charge on any atom is -0.445 e. The van der Waals surface area contributed by atoms with Crippen molar-refractivity contribution < 1.29 is 4.42 Å². The maximum Gasteiger partial charge on any atom is 0.194 e. The fourth-order valence-corrected chi connectivity index (χ4v) is 1.32. The normalized spacial score (nSPS) is 11.1. The monoisotopic (exact) mass is 167 g/mol. The van der Waals surface area contributed by atoms with E-state index < -0.39 is 0 Å². The van der Waals surface area contributed by atoms with Crippen molar-refractivity contribution in [3.8, 4) is 0 Å². The zero-order chi connectivity index (χ0) is 9.14. The van der Waals surface area contributed by atoms with Gasteiger partial charge in [-0.15, -0.1) is 0 Å². The SMILES string of the molecule is CCCc1nc(C)c(C(C)C)o1. The molecule has 1 heterocycles. The van der Waals surface area contributed by atoms with Gasteiger partial charge in [-0.1, -0.05) is 20.8 Å². The second-order valence-electron chi connectivity index (χ2n) is 3.46. The molecule has 0 aliphatic rings. The van der Waals surface area contributed by atoms with Gasteiger partial charge in [0.15, 0.2) is 5.89 Å². The van der Waals surface area contributed by atoms with E-state index in [1.807, 2.05) is 6.92 Å². The summed E-state index contributed by atoms with van der Waals surface area (Å²) < 4.78 is 5.61. The van der Waals surface area contributed by atoms with Gasteiger partial charge in [0.25, 0.3) is 0 Å². The molecule has 0 aliphatic heterocycles. The van der Waals surface area contributed by atoms with Gasteiger partial charge in [0.05, 0.1) is 5.69 Å². The lowest BCUT2D eigenvalue weighted by molar-refractivity contribution is 0.436. The molecule has 1 rings (SSSR count). The highest BCUT2D eigenvalue weighted by atomic mass is 16.4. The Morgan fingerprint density at radius 1 is 1.42 bits per heavy atom. The van der Waals surface area contributed by atoms with Crippen LogP contribution >= 0.6 is 0 Å². The Morgan fingerprint density at radius 2 is 2.08 bits per heavy atom. The lowest BCUT2D eigenvalue weighted by atomic mass is 10.1. The molecule has 0 amide bonds. The van der Waals surface area contributed by atoms with Crippen LogP contribution in [0.4, 0.5) is 0 Å². The minimum absolute atomic E-state index is 0.447. The van der Waals surface area contributed by atoms with Crippen LogP contribution in [0.15, 0.2) is 4.42 Å². The van der Waals surface area contributed by atoms with E-state index in [0.29, 0.717) is 5.92 Å². The van der Waals surface area contributed by atoms with Crippen LogP contribution in [0.2, 0.25) is 0 Å².